The minimum absolute atomic E-state index is 0.0566. The van der Waals surface area contributed by atoms with Gasteiger partial charge >= 0.3 is 0 Å². The van der Waals surface area contributed by atoms with Crippen LogP contribution in [-0.2, 0) is 7.05 Å². The van der Waals surface area contributed by atoms with Gasteiger partial charge in [-0.1, -0.05) is 6.07 Å². The molecule has 0 spiro atoms. The maximum atomic E-state index is 11.2. The first-order valence-corrected chi connectivity index (χ1v) is 7.33. The molecule has 2 aromatic carbocycles. The number of para-hydroxylation sites is 1. The largest absolute Gasteiger partial charge is 0.334 e. The van der Waals surface area contributed by atoms with Gasteiger partial charge in [0, 0.05) is 7.05 Å². The summed E-state index contributed by atoms with van der Waals surface area (Å²) in [6.45, 7) is 0. The van der Waals surface area contributed by atoms with Gasteiger partial charge in [0.15, 0.2) is 0 Å². The molecule has 4 aromatic rings. The predicted octanol–water partition coefficient (Wildman–Crippen LogP) is 3.56. The van der Waals surface area contributed by atoms with E-state index in [0.29, 0.717) is 10.6 Å². The van der Waals surface area contributed by atoms with Gasteiger partial charge in [-0.2, -0.15) is 0 Å². The summed E-state index contributed by atoms with van der Waals surface area (Å²) in [4.78, 5) is 19.7. The number of nitrogens with zero attached hydrogens (tertiary/aromatic N) is 4. The molecular formula is C15H9N4O2S. The lowest BCUT2D eigenvalue weighted by Gasteiger charge is -1.97. The van der Waals surface area contributed by atoms with Gasteiger partial charge in [0.2, 0.25) is 0 Å². The molecule has 22 heavy (non-hydrogen) atoms. The van der Waals surface area contributed by atoms with Crippen molar-refractivity contribution in [1.82, 2.24) is 14.5 Å². The second-order valence-electron chi connectivity index (χ2n) is 4.84. The maximum Gasteiger partial charge on any atom is 0.287 e. The van der Waals surface area contributed by atoms with Crippen LogP contribution in [0.15, 0.2) is 36.7 Å². The summed E-state index contributed by atoms with van der Waals surface area (Å²) in [6, 6.07) is 11.6. The molecule has 0 saturated carbocycles. The minimum Gasteiger partial charge on any atom is -0.334 e. The van der Waals surface area contributed by atoms with Crippen molar-refractivity contribution in [2.45, 2.75) is 0 Å². The standard InChI is InChI=1S/C15H9N4O2S/c1-18-8-16-13-11(18)6-7-12-14(13)17-15(22-12)9-4-2-3-5-10(9)19(20)21/h2-4,6-8H,1H3. The first-order chi connectivity index (χ1) is 10.6. The molecule has 0 amide bonds. The quantitative estimate of drug-likeness (QED) is 0.419. The van der Waals surface area contributed by atoms with Crippen molar-refractivity contribution in [2.24, 2.45) is 7.05 Å². The Balaban J connectivity index is 2.01. The Hall–Kier alpha value is -2.80. The molecule has 107 valence electrons. The van der Waals surface area contributed by atoms with Crippen molar-refractivity contribution in [3.05, 3.63) is 52.8 Å². The molecule has 0 atom stereocenters. The summed E-state index contributed by atoms with van der Waals surface area (Å²) in [5.74, 6) is 0. The Morgan fingerprint density at radius 1 is 1.32 bits per heavy atom. The van der Waals surface area contributed by atoms with Gasteiger partial charge in [-0.05, 0) is 24.3 Å². The number of benzene rings is 2. The fraction of sp³-hybridized carbons (Fsp3) is 0.0667. The number of hydrogen-bond donors (Lipinski definition) is 0. The Bertz CT molecular complexity index is 1030. The van der Waals surface area contributed by atoms with Crippen LogP contribution in [0.2, 0.25) is 0 Å². The minimum atomic E-state index is -0.433. The monoisotopic (exact) mass is 309 g/mol. The molecule has 2 heterocycles. The molecule has 0 fully saturated rings. The molecule has 4 rings (SSSR count). The highest BCUT2D eigenvalue weighted by Gasteiger charge is 2.19. The van der Waals surface area contributed by atoms with E-state index in [2.05, 4.69) is 16.0 Å². The fourth-order valence-corrected chi connectivity index (χ4v) is 3.45. The summed E-state index contributed by atoms with van der Waals surface area (Å²) >= 11 is 1.42. The van der Waals surface area contributed by atoms with Crippen LogP contribution in [0.3, 0.4) is 0 Å². The average molecular weight is 309 g/mol. The summed E-state index contributed by atoms with van der Waals surface area (Å²) in [5.41, 5.74) is 3.00. The highest BCUT2D eigenvalue weighted by molar-refractivity contribution is 7.21. The number of hydrogen-bond acceptors (Lipinski definition) is 5. The van der Waals surface area contributed by atoms with E-state index in [1.54, 1.807) is 18.5 Å². The Kier molecular flexibility index (Phi) is 2.70. The smallest absolute Gasteiger partial charge is 0.287 e. The predicted molar refractivity (Wildman–Crippen MR) is 84.8 cm³/mol. The van der Waals surface area contributed by atoms with E-state index in [1.807, 2.05) is 23.7 Å². The lowest BCUT2D eigenvalue weighted by molar-refractivity contribution is -0.384. The number of nitro groups is 1. The van der Waals surface area contributed by atoms with E-state index in [4.69, 9.17) is 0 Å². The third-order valence-electron chi connectivity index (χ3n) is 3.50. The van der Waals surface area contributed by atoms with E-state index in [9.17, 15) is 10.1 Å². The van der Waals surface area contributed by atoms with E-state index in [-0.39, 0.29) is 5.69 Å². The molecule has 7 heteroatoms. The number of thiazole rings is 1. The summed E-state index contributed by atoms with van der Waals surface area (Å²) < 4.78 is 2.88. The van der Waals surface area contributed by atoms with Crippen LogP contribution in [0.1, 0.15) is 0 Å². The zero-order valence-electron chi connectivity index (χ0n) is 11.5. The van der Waals surface area contributed by atoms with Crippen molar-refractivity contribution >= 4 is 38.3 Å². The van der Waals surface area contributed by atoms with Gasteiger partial charge in [0.1, 0.15) is 16.0 Å². The van der Waals surface area contributed by atoms with Crippen LogP contribution in [0.5, 0.6) is 0 Å². The topological polar surface area (TPSA) is 73.8 Å². The Labute approximate surface area is 128 Å². The molecule has 0 aliphatic heterocycles. The van der Waals surface area contributed by atoms with Crippen molar-refractivity contribution in [1.29, 1.82) is 0 Å². The molecular weight excluding hydrogens is 300 g/mol. The molecule has 1 radical (unpaired) electrons. The third-order valence-corrected chi connectivity index (χ3v) is 4.55. The van der Waals surface area contributed by atoms with Gasteiger partial charge in [-0.25, -0.2) is 9.97 Å². The molecule has 0 N–H and O–H groups in total. The number of rotatable bonds is 2. The van der Waals surface area contributed by atoms with Crippen LogP contribution >= 0.6 is 11.3 Å². The lowest BCUT2D eigenvalue weighted by atomic mass is 10.2. The Morgan fingerprint density at radius 2 is 2.18 bits per heavy atom. The van der Waals surface area contributed by atoms with Gasteiger partial charge in [0.25, 0.3) is 5.69 Å². The normalized spacial score (nSPS) is 11.3. The van der Waals surface area contributed by atoms with Gasteiger partial charge in [-0.3, -0.25) is 10.1 Å². The van der Waals surface area contributed by atoms with Crippen LogP contribution in [0.25, 0.3) is 31.8 Å². The van der Waals surface area contributed by atoms with Crippen LogP contribution in [0.4, 0.5) is 5.69 Å². The van der Waals surface area contributed by atoms with E-state index in [1.165, 1.54) is 17.4 Å². The van der Waals surface area contributed by atoms with Crippen molar-refractivity contribution < 1.29 is 4.92 Å². The second-order valence-corrected chi connectivity index (χ2v) is 5.87. The summed E-state index contributed by atoms with van der Waals surface area (Å²) in [5, 5.41) is 11.8. The van der Waals surface area contributed by atoms with Gasteiger partial charge < -0.3 is 4.57 Å². The van der Waals surface area contributed by atoms with Crippen LogP contribution in [0, 0.1) is 16.2 Å². The van der Waals surface area contributed by atoms with Crippen molar-refractivity contribution in [3.63, 3.8) is 0 Å². The van der Waals surface area contributed by atoms with Crippen molar-refractivity contribution in [3.8, 4) is 10.6 Å². The third kappa shape index (κ3) is 1.79. The van der Waals surface area contributed by atoms with E-state index >= 15 is 0 Å². The summed E-state index contributed by atoms with van der Waals surface area (Å²) in [6.07, 6.45) is 1.74. The highest BCUT2D eigenvalue weighted by Crippen LogP contribution is 2.37. The number of imidazole rings is 1. The van der Waals surface area contributed by atoms with Gasteiger partial charge in [-0.15, -0.1) is 11.3 Å². The average Bonchev–Trinajstić information content (AvgIpc) is 3.11. The highest BCUT2D eigenvalue weighted by atomic mass is 32.1. The fourth-order valence-electron chi connectivity index (χ4n) is 2.45. The molecule has 0 saturated heterocycles. The van der Waals surface area contributed by atoms with Crippen molar-refractivity contribution in [2.75, 3.05) is 0 Å². The number of aryl methyl sites for hydroxylation is 1. The lowest BCUT2D eigenvalue weighted by Crippen LogP contribution is -1.91. The number of fused-ring (bicyclic) bond motifs is 3. The SMILES string of the molecule is Cn1cnc2c3nc(-c4ccc[c]c4[N+](=O)[O-])sc3ccc21. The molecule has 0 unspecified atom stereocenters. The molecule has 0 bridgehead atoms. The van der Waals surface area contributed by atoms with Crippen LogP contribution < -0.4 is 0 Å². The second kappa shape index (κ2) is 4.60. The van der Waals surface area contributed by atoms with Gasteiger partial charge in [0.05, 0.1) is 33.1 Å². The number of nitro benzene ring substituents is 1. The molecule has 0 aliphatic carbocycles. The zero-order valence-corrected chi connectivity index (χ0v) is 12.3. The number of aromatic nitrogens is 3. The molecule has 2 aromatic heterocycles. The van der Waals surface area contributed by atoms with E-state index in [0.717, 1.165) is 21.3 Å². The zero-order chi connectivity index (χ0) is 15.3. The first kappa shape index (κ1) is 12.9. The van der Waals surface area contributed by atoms with Crippen LogP contribution in [-0.4, -0.2) is 19.5 Å². The molecule has 0 aliphatic rings. The first-order valence-electron chi connectivity index (χ1n) is 6.51. The summed E-state index contributed by atoms with van der Waals surface area (Å²) in [7, 11) is 1.92. The van der Waals surface area contributed by atoms with E-state index < -0.39 is 4.92 Å². The maximum absolute atomic E-state index is 11.2. The Morgan fingerprint density at radius 3 is 3.00 bits per heavy atom. The molecule has 6 nitrogen and oxygen atoms in total.